The Morgan fingerprint density at radius 1 is 0.750 bits per heavy atom. The lowest BCUT2D eigenvalue weighted by atomic mass is 10.1. The zero-order valence-electron chi connectivity index (χ0n) is 18.9. The van der Waals surface area contributed by atoms with Crippen LogP contribution in [0.1, 0.15) is 18.1 Å². The van der Waals surface area contributed by atoms with Gasteiger partial charge < -0.3 is 10.6 Å². The number of carbonyl (C=O) groups is 3. The van der Waals surface area contributed by atoms with E-state index in [0.29, 0.717) is 5.56 Å². The molecule has 0 radical (unpaired) electrons. The maximum atomic E-state index is 12.5. The first kappa shape index (κ1) is 26.9. The molecule has 0 bridgehead atoms. The molecule has 0 spiro atoms. The van der Waals surface area contributed by atoms with E-state index in [1.54, 1.807) is 24.3 Å². The van der Waals surface area contributed by atoms with Crippen molar-refractivity contribution in [3.8, 4) is 0 Å². The van der Waals surface area contributed by atoms with E-state index in [-0.39, 0.29) is 35.1 Å². The summed E-state index contributed by atoms with van der Waals surface area (Å²) in [6, 6.07) is 12.2. The summed E-state index contributed by atoms with van der Waals surface area (Å²) >= 11 is 0. The Morgan fingerprint density at radius 2 is 1.33 bits per heavy atom. The van der Waals surface area contributed by atoms with Crippen LogP contribution in [-0.4, -0.2) is 50.1 Å². The zero-order chi connectivity index (χ0) is 26.7. The maximum absolute atomic E-state index is 12.5. The highest BCUT2D eigenvalue weighted by molar-refractivity contribution is 7.86. The Hall–Kier alpha value is -3.65. The fraction of sp³-hybridized carbons (Fsp3) is 0.174. The van der Waals surface area contributed by atoms with Gasteiger partial charge in [0.15, 0.2) is 0 Å². The smallest absolute Gasteiger partial charge is 0.295 e. The van der Waals surface area contributed by atoms with E-state index >= 15 is 0 Å². The number of Topliss-reactive ketones (excluding diaryl/α,β-unsaturated/α-hetero) is 1. The van der Waals surface area contributed by atoms with Crippen LogP contribution in [0.3, 0.4) is 0 Å². The van der Waals surface area contributed by atoms with Crippen molar-refractivity contribution in [1.29, 1.82) is 0 Å². The van der Waals surface area contributed by atoms with E-state index in [4.69, 9.17) is 0 Å². The van der Waals surface area contributed by atoms with Gasteiger partial charge in [0.25, 0.3) is 20.2 Å². The van der Waals surface area contributed by atoms with Crippen LogP contribution in [0.25, 0.3) is 10.8 Å². The zero-order valence-corrected chi connectivity index (χ0v) is 20.5. The number of amides is 2. The molecule has 2 amide bonds. The number of fused-ring (bicyclic) bond motifs is 1. The summed E-state index contributed by atoms with van der Waals surface area (Å²) in [7, 11) is -9.60. The molecule has 190 valence electrons. The summed E-state index contributed by atoms with van der Waals surface area (Å²) in [5, 5.41) is 4.22. The van der Waals surface area contributed by atoms with Crippen LogP contribution in [0.2, 0.25) is 0 Å². The van der Waals surface area contributed by atoms with Crippen LogP contribution in [0, 0.1) is 0 Å². The Balaban J connectivity index is 1.77. The van der Waals surface area contributed by atoms with Gasteiger partial charge in [-0.2, -0.15) is 16.8 Å². The number of benzene rings is 3. The van der Waals surface area contributed by atoms with Crippen LogP contribution in [0.15, 0.2) is 64.4 Å². The van der Waals surface area contributed by atoms with Crippen LogP contribution in [-0.2, 0) is 47.5 Å². The maximum Gasteiger partial charge on any atom is 0.295 e. The van der Waals surface area contributed by atoms with Crippen molar-refractivity contribution in [2.75, 3.05) is 11.9 Å². The minimum Gasteiger partial charge on any atom is -0.347 e. The standard InChI is InChI=1S/C23H22N2O9S2/c1-14(26)11-15-5-7-16(8-6-15)12-21(27)24-13-22(28)25-18-9-10-19(35(29,30)31)17-3-2-4-20(23(17)18)36(32,33)34/h2-10H,11-13H2,1H3,(H,24,27)(H,25,28)(H,29,30,31)(H,32,33,34). The van der Waals surface area contributed by atoms with Gasteiger partial charge in [-0.05, 0) is 36.2 Å². The molecule has 0 fully saturated rings. The second-order valence-electron chi connectivity index (χ2n) is 7.94. The monoisotopic (exact) mass is 534 g/mol. The molecule has 3 aromatic rings. The first-order valence-electron chi connectivity index (χ1n) is 10.4. The van der Waals surface area contributed by atoms with Crippen LogP contribution < -0.4 is 10.6 Å². The fourth-order valence-corrected chi connectivity index (χ4v) is 4.99. The lowest BCUT2D eigenvalue weighted by Crippen LogP contribution is -2.33. The average molecular weight is 535 g/mol. The number of rotatable bonds is 9. The predicted molar refractivity (Wildman–Crippen MR) is 130 cm³/mol. The first-order chi connectivity index (χ1) is 16.8. The van der Waals surface area contributed by atoms with Crippen molar-refractivity contribution in [1.82, 2.24) is 5.32 Å². The summed E-state index contributed by atoms with van der Waals surface area (Å²) in [4.78, 5) is 34.6. The van der Waals surface area contributed by atoms with Crippen molar-refractivity contribution in [3.05, 3.63) is 65.7 Å². The minimum absolute atomic E-state index is 0.00983. The molecule has 0 aromatic heterocycles. The lowest BCUT2D eigenvalue weighted by molar-refractivity contribution is -0.123. The SMILES string of the molecule is CC(=O)Cc1ccc(CC(=O)NCC(=O)Nc2ccc(S(=O)(=O)O)c3cccc(S(=O)(=O)O)c23)cc1. The Morgan fingerprint density at radius 3 is 1.89 bits per heavy atom. The molecule has 0 atom stereocenters. The van der Waals surface area contributed by atoms with Gasteiger partial charge in [-0.15, -0.1) is 0 Å². The van der Waals surface area contributed by atoms with Gasteiger partial charge in [0.05, 0.1) is 18.7 Å². The molecule has 3 aromatic carbocycles. The quantitative estimate of drug-likeness (QED) is 0.297. The van der Waals surface area contributed by atoms with Crippen molar-refractivity contribution < 1.29 is 40.3 Å². The average Bonchev–Trinajstić information content (AvgIpc) is 2.77. The molecule has 0 saturated heterocycles. The molecule has 0 aliphatic rings. The molecular weight excluding hydrogens is 512 g/mol. The number of ketones is 1. The Bertz CT molecular complexity index is 1560. The molecule has 0 aliphatic heterocycles. The van der Waals surface area contributed by atoms with Gasteiger partial charge in [-0.3, -0.25) is 23.5 Å². The fourth-order valence-electron chi connectivity index (χ4n) is 3.57. The van der Waals surface area contributed by atoms with Crippen molar-refractivity contribution >= 4 is 54.3 Å². The normalized spacial score (nSPS) is 11.8. The molecular formula is C23H22N2O9S2. The predicted octanol–water partition coefficient (Wildman–Crippen LogP) is 1.76. The minimum atomic E-state index is -4.84. The van der Waals surface area contributed by atoms with Gasteiger partial charge in [-0.25, -0.2) is 0 Å². The molecule has 11 nitrogen and oxygen atoms in total. The van der Waals surface area contributed by atoms with E-state index in [9.17, 15) is 40.3 Å². The number of carbonyl (C=O) groups excluding carboxylic acids is 3. The molecule has 0 saturated carbocycles. The number of hydrogen-bond acceptors (Lipinski definition) is 7. The van der Waals surface area contributed by atoms with Gasteiger partial charge in [0, 0.05) is 17.2 Å². The van der Waals surface area contributed by atoms with Crippen LogP contribution in [0.5, 0.6) is 0 Å². The van der Waals surface area contributed by atoms with Crippen molar-refractivity contribution in [2.45, 2.75) is 29.6 Å². The van der Waals surface area contributed by atoms with E-state index < -0.39 is 48.4 Å². The lowest BCUT2D eigenvalue weighted by Gasteiger charge is -2.14. The molecule has 4 N–H and O–H groups in total. The van der Waals surface area contributed by atoms with Gasteiger partial charge in [0.1, 0.15) is 15.6 Å². The van der Waals surface area contributed by atoms with Gasteiger partial charge in [0.2, 0.25) is 11.8 Å². The van der Waals surface area contributed by atoms with E-state index in [2.05, 4.69) is 10.6 Å². The third-order valence-corrected chi connectivity index (χ3v) is 6.89. The topological polar surface area (TPSA) is 184 Å². The molecule has 0 aliphatic carbocycles. The largest absolute Gasteiger partial charge is 0.347 e. The van der Waals surface area contributed by atoms with Crippen LogP contribution in [0.4, 0.5) is 5.69 Å². The van der Waals surface area contributed by atoms with E-state index in [1.807, 2.05) is 0 Å². The van der Waals surface area contributed by atoms with Crippen LogP contribution >= 0.6 is 0 Å². The summed E-state index contributed by atoms with van der Waals surface area (Å²) < 4.78 is 66.3. The summed E-state index contributed by atoms with van der Waals surface area (Å²) in [5.74, 6) is -1.23. The Kier molecular flexibility index (Phi) is 7.89. The molecule has 13 heteroatoms. The van der Waals surface area contributed by atoms with E-state index in [1.165, 1.54) is 19.1 Å². The van der Waals surface area contributed by atoms with Crippen molar-refractivity contribution in [3.63, 3.8) is 0 Å². The Labute approximate surface area is 207 Å². The summed E-state index contributed by atoms with van der Waals surface area (Å²) in [6.45, 7) is 0.985. The molecule has 0 heterocycles. The molecule has 36 heavy (non-hydrogen) atoms. The third-order valence-electron chi connectivity index (χ3n) is 5.08. The second-order valence-corrected chi connectivity index (χ2v) is 10.7. The molecule has 0 unspecified atom stereocenters. The number of anilines is 1. The highest BCUT2D eigenvalue weighted by Crippen LogP contribution is 2.34. The second kappa shape index (κ2) is 10.5. The molecule has 3 rings (SSSR count). The highest BCUT2D eigenvalue weighted by atomic mass is 32.2. The summed E-state index contributed by atoms with van der Waals surface area (Å²) in [5.41, 5.74) is 1.30. The number of hydrogen-bond donors (Lipinski definition) is 4. The van der Waals surface area contributed by atoms with Gasteiger partial charge in [-0.1, -0.05) is 36.4 Å². The van der Waals surface area contributed by atoms with E-state index in [0.717, 1.165) is 23.8 Å². The van der Waals surface area contributed by atoms with Gasteiger partial charge >= 0.3 is 0 Å². The van der Waals surface area contributed by atoms with Crippen molar-refractivity contribution in [2.24, 2.45) is 0 Å². The first-order valence-corrected chi connectivity index (χ1v) is 13.3. The number of nitrogens with one attached hydrogen (secondary N) is 2. The third kappa shape index (κ3) is 6.73. The summed E-state index contributed by atoms with van der Waals surface area (Å²) in [6.07, 6.45) is 0.248. The highest BCUT2D eigenvalue weighted by Gasteiger charge is 2.23.